The quantitative estimate of drug-likeness (QED) is 0.712. The smallest absolute Gasteiger partial charge is 0.0617 e. The zero-order chi connectivity index (χ0) is 9.47. The summed E-state index contributed by atoms with van der Waals surface area (Å²) in [7, 11) is 0. The molecule has 1 aromatic rings. The molecule has 1 fully saturated rings. The molecule has 1 aromatic carbocycles. The number of hydrogen-bond donors (Lipinski definition) is 2. The van der Waals surface area contributed by atoms with Crippen molar-refractivity contribution < 1.29 is 5.11 Å². The Labute approximate surface area is 78.4 Å². The van der Waals surface area contributed by atoms with Crippen LogP contribution in [0.25, 0.3) is 0 Å². The summed E-state index contributed by atoms with van der Waals surface area (Å²) >= 11 is 0. The fourth-order valence-corrected chi connectivity index (χ4v) is 1.74. The fourth-order valence-electron chi connectivity index (χ4n) is 1.74. The molecule has 0 heterocycles. The monoisotopic (exact) mass is 177 g/mol. The normalized spacial score (nSPS) is 31.8. The number of hydrogen-bond acceptors (Lipinski definition) is 2. The van der Waals surface area contributed by atoms with Gasteiger partial charge in [0.15, 0.2) is 0 Å². The van der Waals surface area contributed by atoms with Gasteiger partial charge in [-0.05, 0) is 18.9 Å². The molecule has 1 saturated carbocycles. The number of aliphatic hydroxyl groups excluding tert-OH is 1. The highest BCUT2D eigenvalue weighted by molar-refractivity contribution is 5.34. The molecule has 0 spiro atoms. The molecule has 0 amide bonds. The Morgan fingerprint density at radius 3 is 2.54 bits per heavy atom. The maximum absolute atomic E-state index is 9.03. The lowest BCUT2D eigenvalue weighted by atomic mass is 10.1. The minimum atomic E-state index is -0.338. The van der Waals surface area contributed by atoms with Gasteiger partial charge in [0.05, 0.1) is 6.61 Å². The SMILES string of the molecule is Cc1ccc(C2CC2(N)CO)cc1. The zero-order valence-electron chi connectivity index (χ0n) is 7.83. The van der Waals surface area contributed by atoms with Crippen LogP contribution in [-0.4, -0.2) is 17.3 Å². The van der Waals surface area contributed by atoms with Crippen LogP contribution in [0.5, 0.6) is 0 Å². The molecule has 13 heavy (non-hydrogen) atoms. The number of nitrogens with two attached hydrogens (primary N) is 1. The van der Waals surface area contributed by atoms with E-state index in [0.717, 1.165) is 6.42 Å². The van der Waals surface area contributed by atoms with Crippen LogP contribution in [0.3, 0.4) is 0 Å². The van der Waals surface area contributed by atoms with Gasteiger partial charge in [-0.2, -0.15) is 0 Å². The van der Waals surface area contributed by atoms with Gasteiger partial charge in [-0.15, -0.1) is 0 Å². The Kier molecular flexibility index (Phi) is 1.90. The van der Waals surface area contributed by atoms with Crippen LogP contribution in [0.2, 0.25) is 0 Å². The van der Waals surface area contributed by atoms with Gasteiger partial charge in [0, 0.05) is 11.5 Å². The van der Waals surface area contributed by atoms with Gasteiger partial charge in [0.2, 0.25) is 0 Å². The fraction of sp³-hybridized carbons (Fsp3) is 0.455. The summed E-state index contributed by atoms with van der Waals surface area (Å²) in [5, 5.41) is 9.03. The van der Waals surface area contributed by atoms with Crippen molar-refractivity contribution in [2.75, 3.05) is 6.61 Å². The predicted molar refractivity (Wildman–Crippen MR) is 52.5 cm³/mol. The molecule has 0 saturated heterocycles. The lowest BCUT2D eigenvalue weighted by Gasteiger charge is -2.06. The summed E-state index contributed by atoms with van der Waals surface area (Å²) in [6.45, 7) is 2.16. The van der Waals surface area contributed by atoms with E-state index >= 15 is 0 Å². The van der Waals surface area contributed by atoms with E-state index in [2.05, 4.69) is 31.2 Å². The largest absolute Gasteiger partial charge is 0.394 e. The van der Waals surface area contributed by atoms with E-state index in [1.54, 1.807) is 0 Å². The van der Waals surface area contributed by atoms with E-state index in [1.165, 1.54) is 11.1 Å². The first kappa shape index (κ1) is 8.73. The van der Waals surface area contributed by atoms with Crippen LogP contribution in [0.1, 0.15) is 23.5 Å². The van der Waals surface area contributed by atoms with E-state index in [-0.39, 0.29) is 12.1 Å². The average molecular weight is 177 g/mol. The molecule has 2 heteroatoms. The van der Waals surface area contributed by atoms with Crippen molar-refractivity contribution in [3.63, 3.8) is 0 Å². The first-order chi connectivity index (χ1) is 6.15. The Hall–Kier alpha value is -0.860. The predicted octanol–water partition coefficient (Wildman–Crippen LogP) is 1.17. The van der Waals surface area contributed by atoms with Gasteiger partial charge in [-0.3, -0.25) is 0 Å². The van der Waals surface area contributed by atoms with Crippen molar-refractivity contribution in [2.45, 2.75) is 24.8 Å². The minimum absolute atomic E-state index is 0.0888. The van der Waals surface area contributed by atoms with E-state index in [9.17, 15) is 0 Å². The van der Waals surface area contributed by atoms with Crippen LogP contribution >= 0.6 is 0 Å². The van der Waals surface area contributed by atoms with Gasteiger partial charge in [0.25, 0.3) is 0 Å². The summed E-state index contributed by atoms with van der Waals surface area (Å²) in [5.74, 6) is 0.359. The molecule has 1 aliphatic carbocycles. The second-order valence-electron chi connectivity index (χ2n) is 4.06. The van der Waals surface area contributed by atoms with Crippen molar-refractivity contribution in [1.82, 2.24) is 0 Å². The van der Waals surface area contributed by atoms with Crippen molar-refractivity contribution in [2.24, 2.45) is 5.73 Å². The summed E-state index contributed by atoms with van der Waals surface area (Å²) in [5.41, 5.74) is 8.08. The molecule has 1 aliphatic rings. The van der Waals surface area contributed by atoms with Crippen LogP contribution in [0.4, 0.5) is 0 Å². The number of aliphatic hydroxyl groups is 1. The maximum Gasteiger partial charge on any atom is 0.0617 e. The first-order valence-corrected chi connectivity index (χ1v) is 4.62. The molecular weight excluding hydrogens is 162 g/mol. The van der Waals surface area contributed by atoms with Crippen LogP contribution < -0.4 is 5.73 Å². The molecule has 0 bridgehead atoms. The number of benzene rings is 1. The molecule has 0 aliphatic heterocycles. The van der Waals surface area contributed by atoms with E-state index in [0.29, 0.717) is 5.92 Å². The Morgan fingerprint density at radius 2 is 2.08 bits per heavy atom. The summed E-state index contributed by atoms with van der Waals surface area (Å²) < 4.78 is 0. The summed E-state index contributed by atoms with van der Waals surface area (Å²) in [6, 6.07) is 8.38. The second kappa shape index (κ2) is 2.82. The lowest BCUT2D eigenvalue weighted by Crippen LogP contribution is -2.28. The van der Waals surface area contributed by atoms with Gasteiger partial charge in [0.1, 0.15) is 0 Å². The van der Waals surface area contributed by atoms with Crippen LogP contribution in [-0.2, 0) is 0 Å². The van der Waals surface area contributed by atoms with E-state index in [1.807, 2.05) is 0 Å². The summed E-state index contributed by atoms with van der Waals surface area (Å²) in [4.78, 5) is 0. The van der Waals surface area contributed by atoms with Crippen LogP contribution in [0.15, 0.2) is 24.3 Å². The molecule has 2 nitrogen and oxygen atoms in total. The minimum Gasteiger partial charge on any atom is -0.394 e. The van der Waals surface area contributed by atoms with Crippen molar-refractivity contribution in [3.8, 4) is 0 Å². The molecular formula is C11H15NO. The molecule has 3 N–H and O–H groups in total. The van der Waals surface area contributed by atoms with E-state index < -0.39 is 0 Å². The Morgan fingerprint density at radius 1 is 1.46 bits per heavy atom. The third-order valence-electron chi connectivity index (χ3n) is 2.89. The second-order valence-corrected chi connectivity index (χ2v) is 4.06. The Bertz CT molecular complexity index is 306. The highest BCUT2D eigenvalue weighted by Gasteiger charge is 2.51. The number of rotatable bonds is 2. The molecule has 2 atom stereocenters. The van der Waals surface area contributed by atoms with Gasteiger partial charge < -0.3 is 10.8 Å². The third-order valence-corrected chi connectivity index (χ3v) is 2.89. The molecule has 2 unspecified atom stereocenters. The summed E-state index contributed by atoms with van der Waals surface area (Å²) in [6.07, 6.45) is 0.909. The molecule has 2 rings (SSSR count). The first-order valence-electron chi connectivity index (χ1n) is 4.62. The van der Waals surface area contributed by atoms with Crippen LogP contribution in [0, 0.1) is 6.92 Å². The third kappa shape index (κ3) is 1.47. The molecule has 0 radical (unpaired) electrons. The van der Waals surface area contributed by atoms with Crippen molar-refractivity contribution in [1.29, 1.82) is 0 Å². The van der Waals surface area contributed by atoms with Gasteiger partial charge in [-0.1, -0.05) is 29.8 Å². The molecule has 0 aromatic heterocycles. The highest BCUT2D eigenvalue weighted by Crippen LogP contribution is 2.48. The molecule has 70 valence electrons. The topological polar surface area (TPSA) is 46.2 Å². The van der Waals surface area contributed by atoms with E-state index in [4.69, 9.17) is 10.8 Å². The number of aryl methyl sites for hydroxylation is 1. The van der Waals surface area contributed by atoms with Crippen molar-refractivity contribution >= 4 is 0 Å². The van der Waals surface area contributed by atoms with Crippen molar-refractivity contribution in [3.05, 3.63) is 35.4 Å². The average Bonchev–Trinajstić information content (AvgIpc) is 2.81. The van der Waals surface area contributed by atoms with Gasteiger partial charge >= 0.3 is 0 Å². The lowest BCUT2D eigenvalue weighted by molar-refractivity contribution is 0.253. The van der Waals surface area contributed by atoms with Gasteiger partial charge in [-0.25, -0.2) is 0 Å². The zero-order valence-corrected chi connectivity index (χ0v) is 7.83. The highest BCUT2D eigenvalue weighted by atomic mass is 16.3. The Balaban J connectivity index is 2.16. The standard InChI is InChI=1S/C11H15NO/c1-8-2-4-9(5-3-8)10-6-11(10,12)7-13/h2-5,10,13H,6-7,12H2,1H3. The maximum atomic E-state index is 9.03.